The Labute approximate surface area is 139 Å². The molecule has 1 aromatic rings. The summed E-state index contributed by atoms with van der Waals surface area (Å²) < 4.78 is 0. The molecule has 0 amide bonds. The lowest BCUT2D eigenvalue weighted by atomic mass is 9.81. The van der Waals surface area contributed by atoms with E-state index in [4.69, 9.17) is 5.26 Å². The maximum atomic E-state index is 9.54. The van der Waals surface area contributed by atoms with Crippen LogP contribution in [0.3, 0.4) is 0 Å². The van der Waals surface area contributed by atoms with Gasteiger partial charge in [0.05, 0.1) is 17.7 Å². The molecule has 4 nitrogen and oxygen atoms in total. The van der Waals surface area contributed by atoms with Gasteiger partial charge in [0.2, 0.25) is 0 Å². The van der Waals surface area contributed by atoms with Crippen molar-refractivity contribution in [2.45, 2.75) is 50.2 Å². The molecular weight excluding hydrogens is 286 g/mol. The molecule has 1 atom stereocenters. The van der Waals surface area contributed by atoms with Crippen LogP contribution in [0.5, 0.6) is 0 Å². The van der Waals surface area contributed by atoms with Crippen molar-refractivity contribution in [1.29, 1.82) is 5.26 Å². The van der Waals surface area contributed by atoms with Crippen molar-refractivity contribution in [2.24, 2.45) is 0 Å². The summed E-state index contributed by atoms with van der Waals surface area (Å²) in [6.45, 7) is 3.93. The van der Waals surface area contributed by atoms with Crippen LogP contribution in [0.1, 0.15) is 49.1 Å². The Bertz CT molecular complexity index is 546. The lowest BCUT2D eigenvalue weighted by Crippen LogP contribution is -2.38. The molecule has 0 radical (unpaired) electrons. The number of nitrogens with zero attached hydrogens (tertiary/aromatic N) is 2. The number of hydrogen-bond donors (Lipinski definition) is 2. The van der Waals surface area contributed by atoms with E-state index < -0.39 is 0 Å². The van der Waals surface area contributed by atoms with Crippen LogP contribution in [0.25, 0.3) is 0 Å². The Morgan fingerprint density at radius 1 is 1.22 bits per heavy atom. The molecule has 2 N–H and O–H groups in total. The predicted octanol–water partition coefficient (Wildman–Crippen LogP) is 2.24. The van der Waals surface area contributed by atoms with Gasteiger partial charge in [-0.1, -0.05) is 12.1 Å². The van der Waals surface area contributed by atoms with Gasteiger partial charge in [-0.3, -0.25) is 4.90 Å². The molecule has 1 heterocycles. The highest BCUT2D eigenvalue weighted by atomic mass is 16.3. The third kappa shape index (κ3) is 4.54. The summed E-state index contributed by atoms with van der Waals surface area (Å²) in [6.07, 6.45) is 5.64. The summed E-state index contributed by atoms with van der Waals surface area (Å²) in [6, 6.07) is 11.0. The molecule has 4 heteroatoms. The number of likely N-dealkylation sites (tertiary alicyclic amines) is 1. The summed E-state index contributed by atoms with van der Waals surface area (Å²) in [7, 11) is 0. The molecule has 23 heavy (non-hydrogen) atoms. The largest absolute Gasteiger partial charge is 0.392 e. The smallest absolute Gasteiger partial charge is 0.0991 e. The third-order valence-corrected chi connectivity index (χ3v) is 5.32. The molecule has 1 unspecified atom stereocenters. The van der Waals surface area contributed by atoms with E-state index in [0.29, 0.717) is 12.0 Å². The Morgan fingerprint density at radius 2 is 2.04 bits per heavy atom. The highest BCUT2D eigenvalue weighted by Crippen LogP contribution is 2.33. The van der Waals surface area contributed by atoms with E-state index in [1.165, 1.54) is 31.2 Å². The van der Waals surface area contributed by atoms with Gasteiger partial charge >= 0.3 is 0 Å². The molecule has 2 aliphatic rings. The van der Waals surface area contributed by atoms with Gasteiger partial charge < -0.3 is 10.4 Å². The number of benzene rings is 1. The van der Waals surface area contributed by atoms with Crippen molar-refractivity contribution >= 4 is 0 Å². The van der Waals surface area contributed by atoms with Crippen LogP contribution in [0.15, 0.2) is 24.3 Å². The maximum absolute atomic E-state index is 9.54. The first-order valence-corrected chi connectivity index (χ1v) is 8.88. The normalized spacial score (nSPS) is 28.6. The molecule has 1 aliphatic carbocycles. The second-order valence-electron chi connectivity index (χ2n) is 6.98. The zero-order valence-corrected chi connectivity index (χ0v) is 13.7. The van der Waals surface area contributed by atoms with E-state index >= 15 is 0 Å². The number of nitriles is 1. The average molecular weight is 313 g/mol. The molecular formula is C19H27N3O. The van der Waals surface area contributed by atoms with Gasteiger partial charge in [-0.2, -0.15) is 5.26 Å². The van der Waals surface area contributed by atoms with Crippen molar-refractivity contribution in [2.75, 3.05) is 26.2 Å². The summed E-state index contributed by atoms with van der Waals surface area (Å²) in [5, 5.41) is 22.2. The van der Waals surface area contributed by atoms with Crippen molar-refractivity contribution in [3.05, 3.63) is 35.4 Å². The van der Waals surface area contributed by atoms with E-state index in [0.717, 1.165) is 38.2 Å². The molecule has 2 fully saturated rings. The minimum Gasteiger partial charge on any atom is -0.392 e. The quantitative estimate of drug-likeness (QED) is 0.875. The predicted molar refractivity (Wildman–Crippen MR) is 91.2 cm³/mol. The highest BCUT2D eigenvalue weighted by Gasteiger charge is 2.23. The lowest BCUT2D eigenvalue weighted by Gasteiger charge is -2.30. The standard InChI is InChI=1S/C19H27N3O/c20-13-15-2-1-3-17(12-15)16-4-6-18(7-5-16)21-9-11-22-10-8-19(23)14-22/h1-3,12,16,18-19,21,23H,4-11,14H2. The van der Waals surface area contributed by atoms with Gasteiger partial charge in [0, 0.05) is 32.2 Å². The molecule has 0 spiro atoms. The topological polar surface area (TPSA) is 59.3 Å². The second-order valence-corrected chi connectivity index (χ2v) is 6.98. The Hall–Kier alpha value is -1.41. The molecule has 1 saturated carbocycles. The van der Waals surface area contributed by atoms with Crippen LogP contribution in [-0.4, -0.2) is 48.3 Å². The minimum atomic E-state index is -0.116. The van der Waals surface area contributed by atoms with Crippen LogP contribution in [0.2, 0.25) is 0 Å². The van der Waals surface area contributed by atoms with Crippen molar-refractivity contribution in [1.82, 2.24) is 10.2 Å². The van der Waals surface area contributed by atoms with E-state index in [-0.39, 0.29) is 6.10 Å². The Balaban J connectivity index is 1.39. The fourth-order valence-electron chi connectivity index (χ4n) is 3.94. The van der Waals surface area contributed by atoms with Crippen LogP contribution in [-0.2, 0) is 0 Å². The maximum Gasteiger partial charge on any atom is 0.0991 e. The van der Waals surface area contributed by atoms with Crippen molar-refractivity contribution in [3.63, 3.8) is 0 Å². The molecule has 1 aliphatic heterocycles. The molecule has 0 aromatic heterocycles. The molecule has 1 aromatic carbocycles. The molecule has 1 saturated heterocycles. The van der Waals surface area contributed by atoms with Crippen molar-refractivity contribution < 1.29 is 5.11 Å². The zero-order chi connectivity index (χ0) is 16.1. The first-order valence-electron chi connectivity index (χ1n) is 8.88. The summed E-state index contributed by atoms with van der Waals surface area (Å²) in [5.74, 6) is 0.607. The van der Waals surface area contributed by atoms with Crippen LogP contribution >= 0.6 is 0 Å². The monoisotopic (exact) mass is 313 g/mol. The van der Waals surface area contributed by atoms with E-state index in [1.54, 1.807) is 0 Å². The first kappa shape index (κ1) is 16.4. The van der Waals surface area contributed by atoms with Gasteiger partial charge in [0.1, 0.15) is 0 Å². The van der Waals surface area contributed by atoms with E-state index in [2.05, 4.69) is 28.4 Å². The Kier molecular flexibility index (Phi) is 5.66. The van der Waals surface area contributed by atoms with E-state index in [1.807, 2.05) is 12.1 Å². The molecule has 124 valence electrons. The fourth-order valence-corrected chi connectivity index (χ4v) is 3.94. The van der Waals surface area contributed by atoms with Gasteiger partial charge in [-0.15, -0.1) is 0 Å². The molecule has 0 bridgehead atoms. The average Bonchev–Trinajstić information content (AvgIpc) is 3.01. The zero-order valence-electron chi connectivity index (χ0n) is 13.7. The summed E-state index contributed by atoms with van der Waals surface area (Å²) in [5.41, 5.74) is 2.10. The second kappa shape index (κ2) is 7.92. The highest BCUT2D eigenvalue weighted by molar-refractivity contribution is 5.34. The number of rotatable bonds is 5. The van der Waals surface area contributed by atoms with Gasteiger partial charge in [0.25, 0.3) is 0 Å². The molecule has 3 rings (SSSR count). The van der Waals surface area contributed by atoms with Gasteiger partial charge in [-0.25, -0.2) is 0 Å². The number of hydrogen-bond acceptors (Lipinski definition) is 4. The number of nitrogens with one attached hydrogen (secondary N) is 1. The SMILES string of the molecule is N#Cc1cccc(C2CCC(NCCN3CCC(O)C3)CC2)c1. The number of aliphatic hydroxyl groups excluding tert-OH is 1. The minimum absolute atomic E-state index is 0.116. The van der Waals surface area contributed by atoms with Gasteiger partial charge in [0.15, 0.2) is 0 Å². The van der Waals surface area contributed by atoms with Crippen LogP contribution in [0, 0.1) is 11.3 Å². The van der Waals surface area contributed by atoms with Crippen LogP contribution < -0.4 is 5.32 Å². The Morgan fingerprint density at radius 3 is 2.74 bits per heavy atom. The van der Waals surface area contributed by atoms with Crippen LogP contribution in [0.4, 0.5) is 0 Å². The van der Waals surface area contributed by atoms with Gasteiger partial charge in [-0.05, 0) is 55.7 Å². The summed E-state index contributed by atoms with van der Waals surface area (Å²) in [4.78, 5) is 2.34. The summed E-state index contributed by atoms with van der Waals surface area (Å²) >= 11 is 0. The van der Waals surface area contributed by atoms with E-state index in [9.17, 15) is 5.11 Å². The number of aliphatic hydroxyl groups is 1. The number of β-amino-alcohol motifs (C(OH)–C–C–N with tert-alkyl or cyclic N) is 1. The third-order valence-electron chi connectivity index (χ3n) is 5.32. The fraction of sp³-hybridized carbons (Fsp3) is 0.632. The van der Waals surface area contributed by atoms with Crippen molar-refractivity contribution in [3.8, 4) is 6.07 Å². The lowest BCUT2D eigenvalue weighted by molar-refractivity contribution is 0.176. The first-order chi connectivity index (χ1) is 11.2.